The Kier molecular flexibility index (Phi) is 6.42. The minimum Gasteiger partial charge on any atom is -0.298 e. The van der Waals surface area contributed by atoms with Crippen molar-refractivity contribution in [2.45, 2.75) is 57.6 Å². The molecule has 0 spiro atoms. The quantitative estimate of drug-likeness (QED) is 0.548. The topological polar surface area (TPSA) is 49.7 Å². The molecule has 160 valence electrons. The average molecular weight is 433 g/mol. The van der Waals surface area contributed by atoms with Gasteiger partial charge in [0, 0.05) is 6.42 Å². The number of thioether (sulfide) groups is 1. The van der Waals surface area contributed by atoms with Gasteiger partial charge in [-0.15, -0.1) is 0 Å². The summed E-state index contributed by atoms with van der Waals surface area (Å²) in [6.07, 6.45) is 5.30. The lowest BCUT2D eigenvalue weighted by atomic mass is 9.99. The van der Waals surface area contributed by atoms with E-state index in [4.69, 9.17) is 4.99 Å². The van der Waals surface area contributed by atoms with Crippen molar-refractivity contribution in [2.75, 3.05) is 4.90 Å². The monoisotopic (exact) mass is 432 g/mol. The number of rotatable bonds is 4. The van der Waals surface area contributed by atoms with E-state index >= 15 is 0 Å². The van der Waals surface area contributed by atoms with Gasteiger partial charge in [0.2, 0.25) is 0 Å². The largest absolute Gasteiger partial charge is 0.298 e. The first kappa shape index (κ1) is 21.6. The minimum atomic E-state index is -0.150. The Morgan fingerprint density at radius 2 is 1.74 bits per heavy atom. The Balaban J connectivity index is 1.67. The van der Waals surface area contributed by atoms with Crippen LogP contribution in [0.5, 0.6) is 0 Å². The third-order valence-corrected chi connectivity index (χ3v) is 7.04. The molecular formula is C26H28N2O2S. The van der Waals surface area contributed by atoms with E-state index in [0.29, 0.717) is 23.2 Å². The number of benzene rings is 2. The molecule has 4 nitrogen and oxygen atoms in total. The molecular weight excluding hydrogens is 404 g/mol. The van der Waals surface area contributed by atoms with Crippen LogP contribution in [0.3, 0.4) is 0 Å². The molecule has 1 aliphatic heterocycles. The number of carbonyl (C=O) groups is 2. The van der Waals surface area contributed by atoms with Crippen LogP contribution < -0.4 is 4.90 Å². The number of ketones is 1. The Labute approximate surface area is 188 Å². The van der Waals surface area contributed by atoms with Crippen LogP contribution in [0.2, 0.25) is 0 Å². The van der Waals surface area contributed by atoms with Gasteiger partial charge < -0.3 is 0 Å². The molecule has 2 aromatic rings. The van der Waals surface area contributed by atoms with Crippen molar-refractivity contribution in [3.8, 4) is 0 Å². The van der Waals surface area contributed by atoms with Gasteiger partial charge in [-0.2, -0.15) is 0 Å². The lowest BCUT2D eigenvalue weighted by Gasteiger charge is -2.23. The molecule has 0 N–H and O–H groups in total. The predicted molar refractivity (Wildman–Crippen MR) is 129 cm³/mol. The first-order chi connectivity index (χ1) is 14.9. The van der Waals surface area contributed by atoms with Crippen LogP contribution in [0.1, 0.15) is 62.1 Å². The number of anilines is 1. The summed E-state index contributed by atoms with van der Waals surface area (Å²) in [6, 6.07) is 16.1. The Hall–Kier alpha value is -2.66. The summed E-state index contributed by atoms with van der Waals surface area (Å²) in [4.78, 5) is 32.1. The number of hydrogen-bond acceptors (Lipinski definition) is 4. The van der Waals surface area contributed by atoms with E-state index in [2.05, 4.69) is 26.0 Å². The van der Waals surface area contributed by atoms with Gasteiger partial charge in [0.1, 0.15) is 11.5 Å². The fourth-order valence-electron chi connectivity index (χ4n) is 3.83. The van der Waals surface area contributed by atoms with E-state index in [1.54, 1.807) is 4.90 Å². The van der Waals surface area contributed by atoms with Crippen LogP contribution in [-0.2, 0) is 9.59 Å². The van der Waals surface area contributed by atoms with Crippen LogP contribution in [0.15, 0.2) is 59.2 Å². The predicted octanol–water partition coefficient (Wildman–Crippen LogP) is 6.11. The molecule has 1 unspecified atom stereocenters. The third-order valence-electron chi connectivity index (χ3n) is 5.77. The highest BCUT2D eigenvalue weighted by molar-refractivity contribution is 8.15. The zero-order valence-corrected chi connectivity index (χ0v) is 19.1. The van der Waals surface area contributed by atoms with Crippen molar-refractivity contribution >= 4 is 40.4 Å². The molecule has 5 heteroatoms. The molecule has 0 saturated heterocycles. The van der Waals surface area contributed by atoms with E-state index < -0.39 is 0 Å². The van der Waals surface area contributed by atoms with Crippen molar-refractivity contribution in [1.82, 2.24) is 0 Å². The number of aliphatic imine (C=N–C) groups is 1. The van der Waals surface area contributed by atoms with Gasteiger partial charge in [-0.25, -0.2) is 4.99 Å². The van der Waals surface area contributed by atoms with Crippen molar-refractivity contribution < 1.29 is 9.59 Å². The molecule has 2 aromatic carbocycles. The fourth-order valence-corrected chi connectivity index (χ4v) is 5.07. The second-order valence-corrected chi connectivity index (χ2v) is 9.71. The molecule has 0 bridgehead atoms. The Bertz CT molecular complexity index is 1040. The number of carbonyl (C=O) groups excluding carboxylic acids is 2. The number of amidine groups is 1. The van der Waals surface area contributed by atoms with E-state index in [-0.39, 0.29) is 16.9 Å². The summed E-state index contributed by atoms with van der Waals surface area (Å²) in [7, 11) is 0. The van der Waals surface area contributed by atoms with Gasteiger partial charge in [-0.05, 0) is 55.0 Å². The molecule has 1 heterocycles. The molecule has 31 heavy (non-hydrogen) atoms. The zero-order chi connectivity index (χ0) is 22.0. The number of aryl methyl sites for hydroxylation is 1. The summed E-state index contributed by atoms with van der Waals surface area (Å²) < 4.78 is 0. The second kappa shape index (κ2) is 9.23. The average Bonchev–Trinajstić information content (AvgIpc) is 3.05. The molecule has 1 atom stereocenters. The van der Waals surface area contributed by atoms with Gasteiger partial charge in [0.05, 0.1) is 10.9 Å². The molecule has 0 radical (unpaired) electrons. The van der Waals surface area contributed by atoms with Gasteiger partial charge in [-0.3, -0.25) is 14.5 Å². The van der Waals surface area contributed by atoms with Crippen LogP contribution in [-0.4, -0.2) is 22.1 Å². The summed E-state index contributed by atoms with van der Waals surface area (Å²) in [5, 5.41) is 0.470. The summed E-state index contributed by atoms with van der Waals surface area (Å²) in [6.45, 7) is 6.34. The van der Waals surface area contributed by atoms with Gasteiger partial charge in [0.15, 0.2) is 5.17 Å². The minimum absolute atomic E-state index is 0.127. The van der Waals surface area contributed by atoms with Crippen LogP contribution in [0, 0.1) is 6.92 Å². The summed E-state index contributed by atoms with van der Waals surface area (Å²) >= 11 is 1.43. The second-order valence-electron chi connectivity index (χ2n) is 8.54. The van der Waals surface area contributed by atoms with Crippen molar-refractivity contribution in [3.05, 3.63) is 70.9 Å². The first-order valence-electron chi connectivity index (χ1n) is 10.9. The number of nitrogens with zero attached hydrogens (tertiary/aromatic N) is 2. The summed E-state index contributed by atoms with van der Waals surface area (Å²) in [5.74, 6) is 0.570. The lowest BCUT2D eigenvalue weighted by molar-refractivity contribution is -0.119. The van der Waals surface area contributed by atoms with Crippen LogP contribution >= 0.6 is 11.8 Å². The van der Waals surface area contributed by atoms with Crippen LogP contribution in [0.4, 0.5) is 5.69 Å². The van der Waals surface area contributed by atoms with Gasteiger partial charge in [-0.1, -0.05) is 74.0 Å². The fraction of sp³-hybridized carbons (Fsp3) is 0.346. The molecule has 1 amide bonds. The highest BCUT2D eigenvalue weighted by Gasteiger charge is 2.35. The Morgan fingerprint density at radius 1 is 1.03 bits per heavy atom. The lowest BCUT2D eigenvalue weighted by Crippen LogP contribution is -2.33. The molecule has 1 saturated carbocycles. The Morgan fingerprint density at radius 3 is 2.39 bits per heavy atom. The van der Waals surface area contributed by atoms with E-state index in [1.165, 1.54) is 17.3 Å². The highest BCUT2D eigenvalue weighted by atomic mass is 32.2. The maximum absolute atomic E-state index is 13.3. The standard InChI is InChI=1S/C26H28N2O2S/c1-17(2)20-12-10-19(11-13-20)16-22-25(30)28(21-14-8-18(3)9-15-21)26(27-22)31-24-7-5-4-6-23(24)29/h8-17,24H,4-7H2,1-3H3. The maximum Gasteiger partial charge on any atom is 0.283 e. The van der Waals surface area contributed by atoms with E-state index in [9.17, 15) is 9.59 Å². The number of hydrogen-bond donors (Lipinski definition) is 0. The molecule has 1 aliphatic carbocycles. The number of Topliss-reactive ketones (excluding diaryl/α,β-unsaturated/α-hetero) is 1. The molecule has 0 aromatic heterocycles. The zero-order valence-electron chi connectivity index (χ0n) is 18.3. The van der Waals surface area contributed by atoms with Crippen molar-refractivity contribution in [2.24, 2.45) is 4.99 Å². The van der Waals surface area contributed by atoms with Crippen LogP contribution in [0.25, 0.3) is 6.08 Å². The van der Waals surface area contributed by atoms with Crippen molar-refractivity contribution in [3.63, 3.8) is 0 Å². The third kappa shape index (κ3) is 4.82. The number of amides is 1. The van der Waals surface area contributed by atoms with Gasteiger partial charge >= 0.3 is 0 Å². The SMILES string of the molecule is Cc1ccc(N2C(=O)C(=Cc3ccc(C(C)C)cc3)N=C2SC2CCCCC2=O)cc1. The normalized spacial score (nSPS) is 20.6. The molecule has 2 aliphatic rings. The maximum atomic E-state index is 13.3. The van der Waals surface area contributed by atoms with Crippen molar-refractivity contribution in [1.29, 1.82) is 0 Å². The summed E-state index contributed by atoms with van der Waals surface area (Å²) in [5.41, 5.74) is 4.52. The highest BCUT2D eigenvalue weighted by Crippen LogP contribution is 2.34. The van der Waals surface area contributed by atoms with E-state index in [0.717, 1.165) is 36.1 Å². The first-order valence-corrected chi connectivity index (χ1v) is 11.8. The molecule has 4 rings (SSSR count). The van der Waals surface area contributed by atoms with Gasteiger partial charge in [0.25, 0.3) is 5.91 Å². The van der Waals surface area contributed by atoms with E-state index in [1.807, 2.05) is 49.4 Å². The molecule has 1 fully saturated rings. The smallest absolute Gasteiger partial charge is 0.283 e.